The first-order chi connectivity index (χ1) is 9.34. The lowest BCUT2D eigenvalue weighted by molar-refractivity contribution is 0.546. The van der Waals surface area contributed by atoms with Crippen molar-refractivity contribution in [2.45, 2.75) is 38.1 Å². The number of hydrogen-bond acceptors (Lipinski definition) is 1. The van der Waals surface area contributed by atoms with Gasteiger partial charge in [-0.15, -0.1) is 0 Å². The largest absolute Gasteiger partial charge is 0.328 e. The van der Waals surface area contributed by atoms with Crippen molar-refractivity contribution >= 4 is 0 Å². The van der Waals surface area contributed by atoms with Crippen LogP contribution in [0, 0.1) is 0 Å². The normalized spacial score (nSPS) is 12.3. The van der Waals surface area contributed by atoms with Gasteiger partial charge in [-0.05, 0) is 43.2 Å². The van der Waals surface area contributed by atoms with Crippen LogP contribution in [0.4, 0.5) is 0 Å². The summed E-state index contributed by atoms with van der Waals surface area (Å²) in [6.07, 6.45) is 5.60. The summed E-state index contributed by atoms with van der Waals surface area (Å²) in [6, 6.07) is 21.6. The van der Waals surface area contributed by atoms with Gasteiger partial charge in [-0.2, -0.15) is 0 Å². The van der Waals surface area contributed by atoms with Gasteiger partial charge in [0.25, 0.3) is 0 Å². The van der Waals surface area contributed by atoms with Crippen LogP contribution in [0.3, 0.4) is 0 Å². The van der Waals surface area contributed by atoms with Crippen molar-refractivity contribution in [1.82, 2.24) is 0 Å². The molecule has 0 aliphatic rings. The Balaban J connectivity index is 1.64. The highest BCUT2D eigenvalue weighted by molar-refractivity contribution is 5.15. The van der Waals surface area contributed by atoms with Crippen LogP contribution in [-0.2, 0) is 12.8 Å². The predicted octanol–water partition coefficient (Wildman–Crippen LogP) is 3.97. The Labute approximate surface area is 116 Å². The molecule has 0 saturated heterocycles. The maximum absolute atomic E-state index is 6.19. The summed E-state index contributed by atoms with van der Waals surface area (Å²) in [7, 11) is 0. The highest BCUT2D eigenvalue weighted by Gasteiger charge is 2.03. The van der Waals surface area contributed by atoms with Crippen molar-refractivity contribution < 1.29 is 0 Å². The van der Waals surface area contributed by atoms with Crippen molar-refractivity contribution in [2.75, 3.05) is 0 Å². The quantitative estimate of drug-likeness (QED) is 0.794. The van der Waals surface area contributed by atoms with E-state index in [1.165, 1.54) is 17.5 Å². The Kier molecular flexibility index (Phi) is 5.64. The molecule has 0 fully saturated rings. The molecule has 2 aromatic rings. The van der Waals surface area contributed by atoms with Gasteiger partial charge in [0.1, 0.15) is 0 Å². The molecule has 0 saturated carbocycles. The van der Waals surface area contributed by atoms with Gasteiger partial charge in [0.05, 0.1) is 0 Å². The van der Waals surface area contributed by atoms with Crippen LogP contribution in [0.2, 0.25) is 0 Å². The van der Waals surface area contributed by atoms with E-state index in [1.54, 1.807) is 0 Å². The van der Waals surface area contributed by atoms with E-state index in [-0.39, 0.29) is 0 Å². The lowest BCUT2D eigenvalue weighted by Gasteiger charge is -2.11. The topological polar surface area (TPSA) is 26.0 Å². The minimum Gasteiger partial charge on any atom is -0.328 e. The Morgan fingerprint density at radius 3 is 1.79 bits per heavy atom. The van der Waals surface area contributed by atoms with E-state index in [9.17, 15) is 0 Å². The number of hydrogen-bond donors (Lipinski definition) is 1. The fourth-order valence-electron chi connectivity index (χ4n) is 2.35. The SMILES string of the molecule is NC(CCCc1ccccc1)CCc1ccccc1. The predicted molar refractivity (Wildman–Crippen MR) is 82.1 cm³/mol. The van der Waals surface area contributed by atoms with Gasteiger partial charge in [0, 0.05) is 6.04 Å². The summed E-state index contributed by atoms with van der Waals surface area (Å²) in [5.41, 5.74) is 8.99. The molecule has 1 atom stereocenters. The molecule has 0 aliphatic carbocycles. The van der Waals surface area contributed by atoms with E-state index < -0.39 is 0 Å². The van der Waals surface area contributed by atoms with E-state index in [0.29, 0.717) is 6.04 Å². The Morgan fingerprint density at radius 1 is 0.684 bits per heavy atom. The van der Waals surface area contributed by atoms with E-state index in [0.717, 1.165) is 25.7 Å². The number of rotatable bonds is 7. The van der Waals surface area contributed by atoms with Crippen LogP contribution in [0.15, 0.2) is 60.7 Å². The monoisotopic (exact) mass is 253 g/mol. The van der Waals surface area contributed by atoms with Crippen molar-refractivity contribution in [1.29, 1.82) is 0 Å². The maximum atomic E-state index is 6.19. The van der Waals surface area contributed by atoms with Gasteiger partial charge in [-0.25, -0.2) is 0 Å². The van der Waals surface area contributed by atoms with Gasteiger partial charge in [0.15, 0.2) is 0 Å². The molecule has 0 heterocycles. The molecule has 2 rings (SSSR count). The van der Waals surface area contributed by atoms with Crippen molar-refractivity contribution in [3.8, 4) is 0 Å². The maximum Gasteiger partial charge on any atom is 0.00421 e. The molecule has 1 nitrogen and oxygen atoms in total. The zero-order valence-corrected chi connectivity index (χ0v) is 11.5. The second-order valence-electron chi connectivity index (χ2n) is 5.16. The van der Waals surface area contributed by atoms with Crippen LogP contribution >= 0.6 is 0 Å². The third-order valence-electron chi connectivity index (χ3n) is 3.53. The lowest BCUT2D eigenvalue weighted by Crippen LogP contribution is -2.20. The molecule has 1 unspecified atom stereocenters. The van der Waals surface area contributed by atoms with Crippen LogP contribution in [0.5, 0.6) is 0 Å². The minimum atomic E-state index is 0.323. The molecule has 1 heteroatoms. The molecule has 100 valence electrons. The van der Waals surface area contributed by atoms with Crippen molar-refractivity contribution in [2.24, 2.45) is 5.73 Å². The molecule has 0 amide bonds. The molecule has 0 aromatic heterocycles. The van der Waals surface area contributed by atoms with Crippen molar-refractivity contribution in [3.05, 3.63) is 71.8 Å². The van der Waals surface area contributed by atoms with E-state index >= 15 is 0 Å². The average molecular weight is 253 g/mol. The van der Waals surface area contributed by atoms with Crippen LogP contribution < -0.4 is 5.73 Å². The smallest absolute Gasteiger partial charge is 0.00421 e. The van der Waals surface area contributed by atoms with Crippen LogP contribution in [-0.4, -0.2) is 6.04 Å². The first-order valence-corrected chi connectivity index (χ1v) is 7.18. The van der Waals surface area contributed by atoms with Gasteiger partial charge < -0.3 is 5.73 Å². The Bertz CT molecular complexity index is 450. The first kappa shape index (κ1) is 13.8. The molecular formula is C18H23N. The second-order valence-corrected chi connectivity index (χ2v) is 5.16. The zero-order chi connectivity index (χ0) is 13.3. The number of nitrogens with two attached hydrogens (primary N) is 1. The molecule has 0 spiro atoms. The Hall–Kier alpha value is -1.60. The number of aryl methyl sites for hydroxylation is 2. The molecule has 0 aliphatic heterocycles. The molecule has 0 bridgehead atoms. The summed E-state index contributed by atoms with van der Waals surface area (Å²) < 4.78 is 0. The van der Waals surface area contributed by atoms with Gasteiger partial charge in [-0.3, -0.25) is 0 Å². The fraction of sp³-hybridized carbons (Fsp3) is 0.333. The van der Waals surface area contributed by atoms with E-state index in [4.69, 9.17) is 5.73 Å². The van der Waals surface area contributed by atoms with Crippen LogP contribution in [0.25, 0.3) is 0 Å². The minimum absolute atomic E-state index is 0.323. The molecule has 2 N–H and O–H groups in total. The first-order valence-electron chi connectivity index (χ1n) is 7.18. The third kappa shape index (κ3) is 5.27. The van der Waals surface area contributed by atoms with Gasteiger partial charge in [-0.1, -0.05) is 60.7 Å². The summed E-state index contributed by atoms with van der Waals surface area (Å²) in [5, 5.41) is 0. The lowest BCUT2D eigenvalue weighted by atomic mass is 10.00. The highest BCUT2D eigenvalue weighted by Crippen LogP contribution is 2.10. The third-order valence-corrected chi connectivity index (χ3v) is 3.53. The second kappa shape index (κ2) is 7.75. The average Bonchev–Trinajstić information content (AvgIpc) is 2.47. The standard InChI is InChI=1S/C18H23N/c19-18(15-14-17-10-5-2-6-11-17)13-7-12-16-8-3-1-4-9-16/h1-6,8-11,18H,7,12-15,19H2. The highest BCUT2D eigenvalue weighted by atomic mass is 14.6. The van der Waals surface area contributed by atoms with Gasteiger partial charge in [0.2, 0.25) is 0 Å². The van der Waals surface area contributed by atoms with E-state index in [2.05, 4.69) is 60.7 Å². The summed E-state index contributed by atoms with van der Waals surface area (Å²) >= 11 is 0. The summed E-state index contributed by atoms with van der Waals surface area (Å²) in [4.78, 5) is 0. The molecular weight excluding hydrogens is 230 g/mol. The molecule has 0 radical (unpaired) electrons. The fourth-order valence-corrected chi connectivity index (χ4v) is 2.35. The van der Waals surface area contributed by atoms with Gasteiger partial charge >= 0.3 is 0 Å². The molecule has 2 aromatic carbocycles. The summed E-state index contributed by atoms with van der Waals surface area (Å²) in [6.45, 7) is 0. The van der Waals surface area contributed by atoms with E-state index in [1.807, 2.05) is 0 Å². The van der Waals surface area contributed by atoms with Crippen LogP contribution in [0.1, 0.15) is 30.4 Å². The summed E-state index contributed by atoms with van der Waals surface area (Å²) in [5.74, 6) is 0. The number of benzene rings is 2. The van der Waals surface area contributed by atoms with Crippen molar-refractivity contribution in [3.63, 3.8) is 0 Å². The Morgan fingerprint density at radius 2 is 1.21 bits per heavy atom. The zero-order valence-electron chi connectivity index (χ0n) is 11.5. The molecule has 19 heavy (non-hydrogen) atoms.